The van der Waals surface area contributed by atoms with Crippen LogP contribution < -0.4 is 0 Å². The summed E-state index contributed by atoms with van der Waals surface area (Å²) >= 11 is 0. The lowest BCUT2D eigenvalue weighted by molar-refractivity contribution is -0.118. The lowest BCUT2D eigenvalue weighted by Crippen LogP contribution is -1.91. The first-order chi connectivity index (χ1) is 4.89. The van der Waals surface area contributed by atoms with Crippen LogP contribution in [-0.4, -0.2) is 12.6 Å². The van der Waals surface area contributed by atoms with Crippen LogP contribution >= 0.6 is 0 Å². The Balaban J connectivity index is 0.000000371. The van der Waals surface area contributed by atoms with Gasteiger partial charge in [-0.1, -0.05) is 12.8 Å². The summed E-state index contributed by atoms with van der Waals surface area (Å²) in [4.78, 5) is 18.7. The van der Waals surface area contributed by atoms with Crippen LogP contribution in [0.5, 0.6) is 0 Å². The maximum Gasteiger partial charge on any atom is 0.132 e. The summed E-state index contributed by atoms with van der Waals surface area (Å²) in [6.45, 7) is 2.00. The van der Waals surface area contributed by atoms with Crippen LogP contribution in [0.4, 0.5) is 0 Å². The van der Waals surface area contributed by atoms with Gasteiger partial charge in [-0.2, -0.15) is 0 Å². The van der Waals surface area contributed by atoms with Gasteiger partial charge in [-0.05, 0) is 12.8 Å². The summed E-state index contributed by atoms with van der Waals surface area (Å²) in [6.07, 6.45) is 6.51. The van der Waals surface area contributed by atoms with Gasteiger partial charge >= 0.3 is 0 Å². The molecular formula is C8H14O2. The van der Waals surface area contributed by atoms with Gasteiger partial charge in [-0.25, -0.2) is 0 Å². The van der Waals surface area contributed by atoms with Crippen LogP contribution in [0.15, 0.2) is 0 Å². The van der Waals surface area contributed by atoms with Crippen molar-refractivity contribution in [2.24, 2.45) is 0 Å². The molecule has 1 saturated carbocycles. The molecule has 1 rings (SSSR count). The number of rotatable bonds is 0. The molecule has 0 N–H and O–H groups in total. The van der Waals surface area contributed by atoms with Crippen molar-refractivity contribution in [3.05, 3.63) is 0 Å². The minimum Gasteiger partial charge on any atom is -0.307 e. The standard InChI is InChI=1S/C7H12O.CH2O/c8-7-5-3-1-2-4-6-7;1-2/h1-6H2;1H2. The minimum atomic E-state index is 0.475. The van der Waals surface area contributed by atoms with E-state index < -0.39 is 0 Å². The number of Topliss-reactive ketones (excluding diaryl/α,β-unsaturated/α-hetero) is 1. The predicted molar refractivity (Wildman–Crippen MR) is 39.8 cm³/mol. The number of hydrogen-bond donors (Lipinski definition) is 0. The van der Waals surface area contributed by atoms with Gasteiger partial charge in [0.25, 0.3) is 0 Å². The zero-order valence-corrected chi connectivity index (χ0v) is 6.27. The lowest BCUT2D eigenvalue weighted by atomic mass is 10.2. The molecule has 0 aliphatic heterocycles. The molecule has 1 fully saturated rings. The Morgan fingerprint density at radius 2 is 1.30 bits per heavy atom. The van der Waals surface area contributed by atoms with Gasteiger partial charge in [0.1, 0.15) is 12.6 Å². The van der Waals surface area contributed by atoms with E-state index >= 15 is 0 Å². The van der Waals surface area contributed by atoms with E-state index in [0.29, 0.717) is 5.78 Å². The van der Waals surface area contributed by atoms with E-state index in [1.165, 1.54) is 12.8 Å². The first-order valence-electron chi connectivity index (χ1n) is 3.70. The van der Waals surface area contributed by atoms with Gasteiger partial charge in [0.15, 0.2) is 0 Å². The minimum absolute atomic E-state index is 0.475. The number of carbonyl (C=O) groups excluding carboxylic acids is 2. The van der Waals surface area contributed by atoms with E-state index in [9.17, 15) is 4.79 Å². The molecule has 2 heteroatoms. The van der Waals surface area contributed by atoms with Gasteiger partial charge < -0.3 is 4.79 Å². The van der Waals surface area contributed by atoms with Crippen molar-refractivity contribution in [1.82, 2.24) is 0 Å². The van der Waals surface area contributed by atoms with Gasteiger partial charge in [-0.3, -0.25) is 4.79 Å². The highest BCUT2D eigenvalue weighted by atomic mass is 16.1. The molecule has 1 aliphatic rings. The topological polar surface area (TPSA) is 34.1 Å². The average Bonchev–Trinajstić information content (AvgIpc) is 2.21. The summed E-state index contributed by atoms with van der Waals surface area (Å²) in [5, 5.41) is 0. The fourth-order valence-electron chi connectivity index (χ4n) is 1.12. The van der Waals surface area contributed by atoms with E-state index in [1.807, 2.05) is 6.79 Å². The largest absolute Gasteiger partial charge is 0.307 e. The van der Waals surface area contributed by atoms with Crippen molar-refractivity contribution in [3.8, 4) is 0 Å². The van der Waals surface area contributed by atoms with E-state index in [-0.39, 0.29) is 0 Å². The summed E-state index contributed by atoms with van der Waals surface area (Å²) in [5.41, 5.74) is 0. The van der Waals surface area contributed by atoms with Gasteiger partial charge in [0.05, 0.1) is 0 Å². The Kier molecular flexibility index (Phi) is 6.03. The van der Waals surface area contributed by atoms with E-state index in [4.69, 9.17) is 4.79 Å². The normalized spacial score (nSPS) is 18.6. The Morgan fingerprint density at radius 1 is 0.900 bits per heavy atom. The zero-order chi connectivity index (χ0) is 7.82. The molecule has 58 valence electrons. The summed E-state index contributed by atoms with van der Waals surface area (Å²) < 4.78 is 0. The highest BCUT2D eigenvalue weighted by Crippen LogP contribution is 2.12. The molecule has 0 bridgehead atoms. The Bertz CT molecular complexity index is 89.4. The van der Waals surface area contributed by atoms with E-state index in [1.54, 1.807) is 0 Å². The van der Waals surface area contributed by atoms with Crippen molar-refractivity contribution in [1.29, 1.82) is 0 Å². The van der Waals surface area contributed by atoms with Crippen molar-refractivity contribution in [2.45, 2.75) is 38.5 Å². The third-order valence-corrected chi connectivity index (χ3v) is 1.66. The summed E-state index contributed by atoms with van der Waals surface area (Å²) in [6, 6.07) is 0. The molecule has 0 saturated heterocycles. The molecule has 0 amide bonds. The summed E-state index contributed by atoms with van der Waals surface area (Å²) in [7, 11) is 0. The second kappa shape index (κ2) is 6.46. The van der Waals surface area contributed by atoms with Crippen LogP contribution in [0.2, 0.25) is 0 Å². The summed E-state index contributed by atoms with van der Waals surface area (Å²) in [5.74, 6) is 0.475. The molecule has 0 aromatic heterocycles. The van der Waals surface area contributed by atoms with Crippen molar-refractivity contribution in [2.75, 3.05) is 0 Å². The number of hydrogen-bond acceptors (Lipinski definition) is 2. The smallest absolute Gasteiger partial charge is 0.132 e. The predicted octanol–water partition coefficient (Wildman–Crippen LogP) is 1.72. The Labute approximate surface area is 61.6 Å². The second-order valence-electron chi connectivity index (χ2n) is 2.45. The van der Waals surface area contributed by atoms with Gasteiger partial charge in [-0.15, -0.1) is 0 Å². The molecule has 0 aromatic carbocycles. The van der Waals surface area contributed by atoms with Crippen LogP contribution in [0.1, 0.15) is 38.5 Å². The zero-order valence-electron chi connectivity index (χ0n) is 6.27. The quantitative estimate of drug-likeness (QED) is 0.482. The molecule has 2 nitrogen and oxygen atoms in total. The Morgan fingerprint density at radius 3 is 1.70 bits per heavy atom. The molecule has 0 unspecified atom stereocenters. The van der Waals surface area contributed by atoms with Crippen LogP contribution in [0.25, 0.3) is 0 Å². The molecule has 0 radical (unpaired) electrons. The molecular weight excluding hydrogens is 128 g/mol. The molecule has 10 heavy (non-hydrogen) atoms. The number of carbonyl (C=O) groups is 2. The maximum atomic E-state index is 10.7. The fraction of sp³-hybridized carbons (Fsp3) is 0.750. The number of ketones is 1. The first kappa shape index (κ1) is 9.34. The van der Waals surface area contributed by atoms with Crippen LogP contribution in [-0.2, 0) is 9.59 Å². The molecule has 0 aromatic rings. The molecule has 0 spiro atoms. The molecule has 0 heterocycles. The molecule has 1 aliphatic carbocycles. The van der Waals surface area contributed by atoms with Crippen LogP contribution in [0.3, 0.4) is 0 Å². The third-order valence-electron chi connectivity index (χ3n) is 1.66. The highest BCUT2D eigenvalue weighted by Gasteiger charge is 2.04. The lowest BCUT2D eigenvalue weighted by Gasteiger charge is -1.87. The van der Waals surface area contributed by atoms with Gasteiger partial charge in [0.2, 0.25) is 0 Å². The van der Waals surface area contributed by atoms with E-state index in [2.05, 4.69) is 0 Å². The van der Waals surface area contributed by atoms with Crippen molar-refractivity contribution in [3.63, 3.8) is 0 Å². The SMILES string of the molecule is C=O.O=C1CCCCCC1. The first-order valence-corrected chi connectivity index (χ1v) is 3.70. The molecule has 0 atom stereocenters. The maximum absolute atomic E-state index is 10.7. The monoisotopic (exact) mass is 142 g/mol. The second-order valence-corrected chi connectivity index (χ2v) is 2.45. The van der Waals surface area contributed by atoms with Crippen LogP contribution in [0, 0.1) is 0 Å². The van der Waals surface area contributed by atoms with E-state index in [0.717, 1.165) is 25.7 Å². The fourth-order valence-corrected chi connectivity index (χ4v) is 1.12. The highest BCUT2D eigenvalue weighted by molar-refractivity contribution is 5.78. The average molecular weight is 142 g/mol. The third kappa shape index (κ3) is 4.24. The van der Waals surface area contributed by atoms with Gasteiger partial charge in [0, 0.05) is 12.8 Å². The van der Waals surface area contributed by atoms with Crippen molar-refractivity contribution < 1.29 is 9.59 Å². The van der Waals surface area contributed by atoms with Crippen molar-refractivity contribution >= 4 is 12.6 Å². The Hall–Kier alpha value is -0.660.